The minimum atomic E-state index is -0.0899. The molecular formula is C22H28N2O2. The van der Waals surface area contributed by atoms with Crippen LogP contribution in [-0.4, -0.2) is 18.4 Å². The van der Waals surface area contributed by atoms with E-state index in [4.69, 9.17) is 0 Å². The predicted octanol–water partition coefficient (Wildman–Crippen LogP) is 4.56. The summed E-state index contributed by atoms with van der Waals surface area (Å²) in [6, 6.07) is 12.0. The molecule has 0 aliphatic heterocycles. The van der Waals surface area contributed by atoms with Crippen molar-refractivity contribution in [2.75, 3.05) is 16.8 Å². The molecule has 0 heterocycles. The molecule has 0 atom stereocenters. The van der Waals surface area contributed by atoms with Gasteiger partial charge in [-0.15, -0.1) is 0 Å². The first kappa shape index (κ1) is 19.7. The van der Waals surface area contributed by atoms with Crippen LogP contribution in [0.15, 0.2) is 36.4 Å². The quantitative estimate of drug-likeness (QED) is 0.829. The maximum atomic E-state index is 12.4. The molecular weight excluding hydrogens is 324 g/mol. The number of hydrogen-bond acceptors (Lipinski definition) is 2. The van der Waals surface area contributed by atoms with E-state index in [2.05, 4.69) is 18.3 Å². The van der Waals surface area contributed by atoms with Gasteiger partial charge in [-0.3, -0.25) is 9.59 Å². The lowest BCUT2D eigenvalue weighted by atomic mass is 10.0. The average Bonchev–Trinajstić information content (AvgIpc) is 2.54. The molecule has 0 aromatic heterocycles. The summed E-state index contributed by atoms with van der Waals surface area (Å²) in [5.41, 5.74) is 6.12. The third-order valence-electron chi connectivity index (χ3n) is 4.42. The molecule has 1 N–H and O–H groups in total. The van der Waals surface area contributed by atoms with Gasteiger partial charge in [0, 0.05) is 31.3 Å². The number of nitrogens with zero attached hydrogens (tertiary/aromatic N) is 1. The molecule has 26 heavy (non-hydrogen) atoms. The highest BCUT2D eigenvalue weighted by atomic mass is 16.2. The molecule has 4 nitrogen and oxygen atoms in total. The SMILES string of the molecule is CCc1cccc(C)c1N(CCC(=O)Nc1cc(C)cc(C)c1)C(C)=O. The monoisotopic (exact) mass is 352 g/mol. The molecule has 0 aliphatic rings. The lowest BCUT2D eigenvalue weighted by Gasteiger charge is -2.25. The molecule has 0 saturated carbocycles. The lowest BCUT2D eigenvalue weighted by molar-refractivity contribution is -0.117. The summed E-state index contributed by atoms with van der Waals surface area (Å²) in [4.78, 5) is 26.3. The Labute approximate surface area is 156 Å². The standard InChI is InChI=1S/C22H28N2O2/c1-6-19-9-7-8-17(4)22(19)24(18(5)25)11-10-21(26)23-20-13-15(2)12-16(3)14-20/h7-9,12-14H,6,10-11H2,1-5H3,(H,23,26). The summed E-state index contributed by atoms with van der Waals surface area (Å²) in [6.45, 7) is 10.00. The van der Waals surface area contributed by atoms with Gasteiger partial charge in [0.15, 0.2) is 0 Å². The van der Waals surface area contributed by atoms with E-state index in [-0.39, 0.29) is 18.2 Å². The largest absolute Gasteiger partial charge is 0.326 e. The molecule has 2 aromatic rings. The number of rotatable bonds is 6. The van der Waals surface area contributed by atoms with Gasteiger partial charge in [-0.05, 0) is 61.6 Å². The van der Waals surface area contributed by atoms with Gasteiger partial charge in [0.2, 0.25) is 11.8 Å². The Bertz CT molecular complexity index is 792. The minimum absolute atomic E-state index is 0.0480. The molecule has 0 spiro atoms. The molecule has 0 unspecified atom stereocenters. The highest BCUT2D eigenvalue weighted by molar-refractivity contribution is 5.96. The first-order valence-electron chi connectivity index (χ1n) is 9.06. The molecule has 2 aromatic carbocycles. The Morgan fingerprint density at radius 1 is 1.04 bits per heavy atom. The van der Waals surface area contributed by atoms with E-state index in [1.807, 2.05) is 51.1 Å². The highest BCUT2D eigenvalue weighted by Gasteiger charge is 2.18. The molecule has 4 heteroatoms. The highest BCUT2D eigenvalue weighted by Crippen LogP contribution is 2.26. The van der Waals surface area contributed by atoms with Crippen LogP contribution in [0.4, 0.5) is 11.4 Å². The Kier molecular flexibility index (Phi) is 6.56. The number of hydrogen-bond donors (Lipinski definition) is 1. The molecule has 0 fully saturated rings. The average molecular weight is 352 g/mol. The van der Waals surface area contributed by atoms with Crippen LogP contribution in [0.1, 0.15) is 42.5 Å². The Morgan fingerprint density at radius 2 is 1.69 bits per heavy atom. The first-order valence-corrected chi connectivity index (χ1v) is 9.06. The molecule has 0 saturated heterocycles. The van der Waals surface area contributed by atoms with Crippen LogP contribution < -0.4 is 10.2 Å². The zero-order valence-electron chi connectivity index (χ0n) is 16.3. The maximum absolute atomic E-state index is 12.4. The second-order valence-corrected chi connectivity index (χ2v) is 6.78. The predicted molar refractivity (Wildman–Crippen MR) is 108 cm³/mol. The van der Waals surface area contributed by atoms with Gasteiger partial charge in [-0.1, -0.05) is 31.2 Å². The molecule has 2 rings (SSSR count). The topological polar surface area (TPSA) is 49.4 Å². The van der Waals surface area contributed by atoms with Crippen LogP contribution in [0.3, 0.4) is 0 Å². The molecule has 138 valence electrons. The summed E-state index contributed by atoms with van der Waals surface area (Å²) >= 11 is 0. The Balaban J connectivity index is 2.12. The molecule has 0 radical (unpaired) electrons. The third kappa shape index (κ3) is 4.94. The van der Waals surface area contributed by atoms with Crippen molar-refractivity contribution in [3.8, 4) is 0 Å². The van der Waals surface area contributed by atoms with Gasteiger partial charge in [-0.25, -0.2) is 0 Å². The van der Waals surface area contributed by atoms with Crippen molar-refractivity contribution < 1.29 is 9.59 Å². The second kappa shape index (κ2) is 8.65. The summed E-state index contributed by atoms with van der Waals surface area (Å²) in [7, 11) is 0. The first-order chi connectivity index (χ1) is 12.3. The summed E-state index contributed by atoms with van der Waals surface area (Å²) in [5.74, 6) is -0.138. The van der Waals surface area contributed by atoms with Crippen molar-refractivity contribution in [1.29, 1.82) is 0 Å². The number of carbonyl (C=O) groups is 2. The normalized spacial score (nSPS) is 10.5. The van der Waals surface area contributed by atoms with E-state index in [9.17, 15) is 9.59 Å². The number of nitrogens with one attached hydrogen (secondary N) is 1. The fourth-order valence-corrected chi connectivity index (χ4v) is 3.30. The zero-order valence-corrected chi connectivity index (χ0v) is 16.3. The Morgan fingerprint density at radius 3 is 2.27 bits per heavy atom. The van der Waals surface area contributed by atoms with Gasteiger partial charge in [0.25, 0.3) is 0 Å². The molecule has 0 aliphatic carbocycles. The maximum Gasteiger partial charge on any atom is 0.226 e. The minimum Gasteiger partial charge on any atom is -0.326 e. The van der Waals surface area contributed by atoms with E-state index < -0.39 is 0 Å². The van der Waals surface area contributed by atoms with E-state index in [0.717, 1.165) is 40.0 Å². The van der Waals surface area contributed by atoms with Crippen LogP contribution in [0.5, 0.6) is 0 Å². The summed E-state index contributed by atoms with van der Waals surface area (Å²) in [5, 5.41) is 2.94. The number of aryl methyl sites for hydroxylation is 4. The van der Waals surface area contributed by atoms with Crippen molar-refractivity contribution in [3.05, 3.63) is 58.7 Å². The number of para-hydroxylation sites is 1. The number of amides is 2. The van der Waals surface area contributed by atoms with Gasteiger partial charge < -0.3 is 10.2 Å². The van der Waals surface area contributed by atoms with E-state index >= 15 is 0 Å². The summed E-state index contributed by atoms with van der Waals surface area (Å²) < 4.78 is 0. The fraction of sp³-hybridized carbons (Fsp3) is 0.364. The van der Waals surface area contributed by atoms with Gasteiger partial charge in [0.1, 0.15) is 0 Å². The second-order valence-electron chi connectivity index (χ2n) is 6.78. The van der Waals surface area contributed by atoms with Crippen molar-refractivity contribution in [2.24, 2.45) is 0 Å². The fourth-order valence-electron chi connectivity index (χ4n) is 3.30. The van der Waals surface area contributed by atoms with Crippen LogP contribution in [0.2, 0.25) is 0 Å². The number of anilines is 2. The molecule has 0 bridgehead atoms. The zero-order chi connectivity index (χ0) is 19.3. The van der Waals surface area contributed by atoms with Crippen LogP contribution in [-0.2, 0) is 16.0 Å². The summed E-state index contributed by atoms with van der Waals surface area (Å²) in [6.07, 6.45) is 1.10. The van der Waals surface area contributed by atoms with Crippen LogP contribution in [0, 0.1) is 20.8 Å². The van der Waals surface area contributed by atoms with E-state index in [0.29, 0.717) is 6.54 Å². The Hall–Kier alpha value is -2.62. The van der Waals surface area contributed by atoms with Crippen LogP contribution >= 0.6 is 0 Å². The van der Waals surface area contributed by atoms with Crippen molar-refractivity contribution in [2.45, 2.75) is 47.5 Å². The molecule has 2 amide bonds. The van der Waals surface area contributed by atoms with E-state index in [1.54, 1.807) is 11.8 Å². The van der Waals surface area contributed by atoms with Crippen molar-refractivity contribution >= 4 is 23.2 Å². The van der Waals surface area contributed by atoms with E-state index in [1.165, 1.54) is 0 Å². The third-order valence-corrected chi connectivity index (χ3v) is 4.42. The van der Waals surface area contributed by atoms with Crippen molar-refractivity contribution in [3.63, 3.8) is 0 Å². The van der Waals surface area contributed by atoms with Crippen molar-refractivity contribution in [1.82, 2.24) is 0 Å². The lowest BCUT2D eigenvalue weighted by Crippen LogP contribution is -2.33. The van der Waals surface area contributed by atoms with Gasteiger partial charge in [0.05, 0.1) is 0 Å². The van der Waals surface area contributed by atoms with Crippen LogP contribution in [0.25, 0.3) is 0 Å². The number of benzene rings is 2. The van der Waals surface area contributed by atoms with Gasteiger partial charge >= 0.3 is 0 Å². The van der Waals surface area contributed by atoms with Gasteiger partial charge in [-0.2, -0.15) is 0 Å². The smallest absolute Gasteiger partial charge is 0.226 e. The number of carbonyl (C=O) groups excluding carboxylic acids is 2.